The highest BCUT2D eigenvalue weighted by Gasteiger charge is 2.26. The Balaban J connectivity index is 2.02. The van der Waals surface area contributed by atoms with E-state index in [2.05, 4.69) is 4.72 Å². The summed E-state index contributed by atoms with van der Waals surface area (Å²) in [6.07, 6.45) is 2.11. The lowest BCUT2D eigenvalue weighted by Crippen LogP contribution is -2.46. The van der Waals surface area contributed by atoms with Crippen molar-refractivity contribution in [3.8, 4) is 0 Å². The second kappa shape index (κ2) is 6.29. The van der Waals surface area contributed by atoms with Crippen LogP contribution >= 0.6 is 11.6 Å². The van der Waals surface area contributed by atoms with Crippen LogP contribution in [0.4, 0.5) is 4.39 Å². The Morgan fingerprint density at radius 2 is 2.00 bits per heavy atom. The summed E-state index contributed by atoms with van der Waals surface area (Å²) in [7, 11) is -3.26. The third-order valence-electron chi connectivity index (χ3n) is 3.32. The van der Waals surface area contributed by atoms with Crippen LogP contribution in [0, 0.1) is 5.82 Å². The minimum atomic E-state index is -3.26. The highest BCUT2D eigenvalue weighted by Crippen LogP contribution is 2.19. The quantitative estimate of drug-likeness (QED) is 0.913. The van der Waals surface area contributed by atoms with E-state index in [0.29, 0.717) is 31.0 Å². The first-order chi connectivity index (χ1) is 9.76. The van der Waals surface area contributed by atoms with Gasteiger partial charge in [-0.2, -0.15) is 0 Å². The molecule has 2 rings (SSSR count). The average molecular weight is 335 g/mol. The second-order valence-electron chi connectivity index (χ2n) is 5.08. The maximum Gasteiger partial charge on any atom is 0.256 e. The molecule has 1 fully saturated rings. The SMILES string of the molecule is CS(=O)(=O)NC1CCN(C(=O)c2cc(Cl)ccc2F)CC1. The summed E-state index contributed by atoms with van der Waals surface area (Å²) in [6.45, 7) is 0.746. The molecule has 0 atom stereocenters. The largest absolute Gasteiger partial charge is 0.338 e. The molecule has 8 heteroatoms. The van der Waals surface area contributed by atoms with Crippen molar-refractivity contribution in [1.29, 1.82) is 0 Å². The fourth-order valence-electron chi connectivity index (χ4n) is 2.33. The van der Waals surface area contributed by atoms with Crippen molar-refractivity contribution >= 4 is 27.5 Å². The lowest BCUT2D eigenvalue weighted by atomic mass is 10.0. The number of rotatable bonds is 3. The van der Waals surface area contributed by atoms with Crippen molar-refractivity contribution in [3.05, 3.63) is 34.6 Å². The van der Waals surface area contributed by atoms with Crippen LogP contribution in [0.15, 0.2) is 18.2 Å². The molecule has 0 aromatic heterocycles. The molecule has 0 radical (unpaired) electrons. The first-order valence-corrected chi connectivity index (χ1v) is 8.75. The van der Waals surface area contributed by atoms with Gasteiger partial charge in [0, 0.05) is 24.2 Å². The van der Waals surface area contributed by atoms with Gasteiger partial charge in [0.2, 0.25) is 10.0 Å². The molecular formula is C13H16ClFN2O3S. The van der Waals surface area contributed by atoms with Crippen LogP contribution in [0.2, 0.25) is 5.02 Å². The molecule has 21 heavy (non-hydrogen) atoms. The Morgan fingerprint density at radius 1 is 1.38 bits per heavy atom. The molecule has 1 saturated heterocycles. The van der Waals surface area contributed by atoms with Gasteiger partial charge in [0.05, 0.1) is 11.8 Å². The van der Waals surface area contributed by atoms with Crippen LogP contribution in [0.3, 0.4) is 0 Å². The number of benzene rings is 1. The number of piperidine rings is 1. The number of nitrogens with one attached hydrogen (secondary N) is 1. The van der Waals surface area contributed by atoms with Gasteiger partial charge in [-0.3, -0.25) is 4.79 Å². The van der Waals surface area contributed by atoms with Gasteiger partial charge >= 0.3 is 0 Å². The normalized spacial score (nSPS) is 17.0. The number of nitrogens with zero attached hydrogens (tertiary/aromatic N) is 1. The Kier molecular flexibility index (Phi) is 4.85. The van der Waals surface area contributed by atoms with E-state index in [-0.39, 0.29) is 11.6 Å². The summed E-state index contributed by atoms with van der Waals surface area (Å²) in [6, 6.07) is 3.66. The number of amides is 1. The highest BCUT2D eigenvalue weighted by molar-refractivity contribution is 7.88. The number of likely N-dealkylation sites (tertiary alicyclic amines) is 1. The monoisotopic (exact) mass is 334 g/mol. The number of carbonyl (C=O) groups excluding carboxylic acids is 1. The third kappa shape index (κ3) is 4.39. The molecule has 1 aliphatic rings. The van der Waals surface area contributed by atoms with E-state index < -0.39 is 21.7 Å². The summed E-state index contributed by atoms with van der Waals surface area (Å²) in [5.74, 6) is -1.03. The molecule has 5 nitrogen and oxygen atoms in total. The van der Waals surface area contributed by atoms with E-state index in [1.165, 1.54) is 17.0 Å². The lowest BCUT2D eigenvalue weighted by molar-refractivity contribution is 0.0706. The van der Waals surface area contributed by atoms with Gasteiger partial charge in [-0.15, -0.1) is 0 Å². The first kappa shape index (κ1) is 16.2. The van der Waals surface area contributed by atoms with E-state index >= 15 is 0 Å². The Hall–Kier alpha value is -1.18. The Morgan fingerprint density at radius 3 is 2.57 bits per heavy atom. The molecule has 0 unspecified atom stereocenters. The van der Waals surface area contributed by atoms with Gasteiger partial charge in [0.15, 0.2) is 0 Å². The van der Waals surface area contributed by atoms with Gasteiger partial charge in [-0.1, -0.05) is 11.6 Å². The van der Waals surface area contributed by atoms with Gasteiger partial charge < -0.3 is 4.90 Å². The molecule has 1 aliphatic heterocycles. The topological polar surface area (TPSA) is 66.5 Å². The van der Waals surface area contributed by atoms with Gasteiger partial charge in [-0.05, 0) is 31.0 Å². The van der Waals surface area contributed by atoms with Crippen LogP contribution in [-0.4, -0.2) is 44.6 Å². The Labute approximate surface area is 128 Å². The van der Waals surface area contributed by atoms with Gasteiger partial charge in [-0.25, -0.2) is 17.5 Å². The van der Waals surface area contributed by atoms with Crippen LogP contribution in [-0.2, 0) is 10.0 Å². The molecule has 116 valence electrons. The molecule has 0 saturated carbocycles. The van der Waals surface area contributed by atoms with E-state index in [4.69, 9.17) is 11.6 Å². The Bertz CT molecular complexity index is 643. The van der Waals surface area contributed by atoms with Crippen LogP contribution in [0.25, 0.3) is 0 Å². The standard InChI is InChI=1S/C13H16ClFN2O3S/c1-21(19,20)16-10-4-6-17(7-5-10)13(18)11-8-9(14)2-3-12(11)15/h2-3,8,10,16H,4-7H2,1H3. The smallest absolute Gasteiger partial charge is 0.256 e. The van der Waals surface area contributed by atoms with E-state index in [9.17, 15) is 17.6 Å². The number of carbonyl (C=O) groups is 1. The third-order valence-corrected chi connectivity index (χ3v) is 4.32. The fourth-order valence-corrected chi connectivity index (χ4v) is 3.35. The minimum absolute atomic E-state index is 0.0583. The van der Waals surface area contributed by atoms with Crippen molar-refractivity contribution in [1.82, 2.24) is 9.62 Å². The van der Waals surface area contributed by atoms with E-state index in [1.54, 1.807) is 0 Å². The molecule has 1 aromatic carbocycles. The molecule has 1 amide bonds. The maximum absolute atomic E-state index is 13.7. The average Bonchev–Trinajstić information content (AvgIpc) is 2.40. The summed E-state index contributed by atoms with van der Waals surface area (Å²) in [5.41, 5.74) is -0.0583. The summed E-state index contributed by atoms with van der Waals surface area (Å²) in [5, 5.41) is 0.299. The predicted octanol–water partition coefficient (Wildman–Crippen LogP) is 1.63. The zero-order valence-corrected chi connectivity index (χ0v) is 13.0. The lowest BCUT2D eigenvalue weighted by Gasteiger charge is -2.32. The summed E-state index contributed by atoms with van der Waals surface area (Å²) >= 11 is 5.78. The number of sulfonamides is 1. The number of halogens is 2. The predicted molar refractivity (Wildman–Crippen MR) is 78.3 cm³/mol. The van der Waals surface area contributed by atoms with Crippen molar-refractivity contribution in [2.45, 2.75) is 18.9 Å². The summed E-state index contributed by atoms with van der Waals surface area (Å²) in [4.78, 5) is 13.8. The first-order valence-electron chi connectivity index (χ1n) is 6.48. The number of hydrogen-bond acceptors (Lipinski definition) is 3. The molecule has 0 spiro atoms. The second-order valence-corrected chi connectivity index (χ2v) is 7.30. The van der Waals surface area contributed by atoms with Crippen LogP contribution < -0.4 is 4.72 Å². The van der Waals surface area contributed by atoms with Crippen LogP contribution in [0.5, 0.6) is 0 Å². The molecule has 0 bridgehead atoms. The fraction of sp³-hybridized carbons (Fsp3) is 0.462. The molecule has 1 heterocycles. The van der Waals surface area contributed by atoms with Gasteiger partial charge in [0.1, 0.15) is 5.82 Å². The highest BCUT2D eigenvalue weighted by atomic mass is 35.5. The zero-order valence-electron chi connectivity index (χ0n) is 11.5. The molecular weight excluding hydrogens is 319 g/mol. The van der Waals surface area contributed by atoms with Crippen molar-refractivity contribution in [2.75, 3.05) is 19.3 Å². The molecule has 0 aliphatic carbocycles. The summed E-state index contributed by atoms with van der Waals surface area (Å²) < 4.78 is 38.5. The van der Waals surface area contributed by atoms with Crippen molar-refractivity contribution < 1.29 is 17.6 Å². The minimum Gasteiger partial charge on any atom is -0.338 e. The molecule has 1 aromatic rings. The van der Waals surface area contributed by atoms with Crippen molar-refractivity contribution in [2.24, 2.45) is 0 Å². The van der Waals surface area contributed by atoms with E-state index in [1.807, 2.05) is 0 Å². The van der Waals surface area contributed by atoms with Crippen molar-refractivity contribution in [3.63, 3.8) is 0 Å². The number of hydrogen-bond donors (Lipinski definition) is 1. The van der Waals surface area contributed by atoms with Crippen LogP contribution in [0.1, 0.15) is 23.2 Å². The molecule has 1 N–H and O–H groups in total. The van der Waals surface area contributed by atoms with E-state index in [0.717, 1.165) is 12.3 Å². The maximum atomic E-state index is 13.7. The van der Waals surface area contributed by atoms with Gasteiger partial charge in [0.25, 0.3) is 5.91 Å². The zero-order chi connectivity index (χ0) is 15.6.